The lowest BCUT2D eigenvalue weighted by atomic mass is 9.49. The third kappa shape index (κ3) is 3.73. The van der Waals surface area contributed by atoms with Gasteiger partial charge in [-0.15, -0.1) is 0 Å². The fourth-order valence-corrected chi connectivity index (χ4v) is 6.17. The van der Waals surface area contributed by atoms with Gasteiger partial charge in [0, 0.05) is 24.8 Å². The number of rotatable bonds is 2. The summed E-state index contributed by atoms with van der Waals surface area (Å²) >= 11 is 0. The SMILES string of the molecule is O=C(O)C(F)(F)F.O=C1CC[C@@]2(O)[C@H]3Cc4ccc(O)c5c4[C@@]2(CC[N+]3([O-])CCC(F)(F)F)[C@H]1O5. The van der Waals surface area contributed by atoms with E-state index in [2.05, 4.69) is 0 Å². The smallest absolute Gasteiger partial charge is 0.490 e. The van der Waals surface area contributed by atoms with Crippen LogP contribution in [-0.2, 0) is 21.4 Å². The molecule has 14 heteroatoms. The number of piperidine rings is 1. The predicted octanol–water partition coefficient (Wildman–Crippen LogP) is 2.71. The summed E-state index contributed by atoms with van der Waals surface area (Å²) in [6, 6.07) is 2.01. The van der Waals surface area contributed by atoms with Gasteiger partial charge in [0.25, 0.3) is 0 Å². The van der Waals surface area contributed by atoms with E-state index in [0.29, 0.717) is 11.1 Å². The van der Waals surface area contributed by atoms with Crippen LogP contribution < -0.4 is 4.74 Å². The van der Waals surface area contributed by atoms with Gasteiger partial charge in [0.15, 0.2) is 23.4 Å². The number of quaternary nitrogens is 1. The maximum atomic E-state index is 13.6. The number of aliphatic hydroxyl groups is 1. The van der Waals surface area contributed by atoms with Crippen LogP contribution in [0.15, 0.2) is 12.1 Å². The van der Waals surface area contributed by atoms with Crippen LogP contribution >= 0.6 is 0 Å². The zero-order chi connectivity index (χ0) is 26.2. The summed E-state index contributed by atoms with van der Waals surface area (Å²) in [5, 5.41) is 42.7. The molecular formula is C21H21F6NO7. The van der Waals surface area contributed by atoms with E-state index < -0.39 is 59.1 Å². The highest BCUT2D eigenvalue weighted by Gasteiger charge is 2.76. The number of carbonyl (C=O) groups excluding carboxylic acids is 1. The van der Waals surface area contributed by atoms with Crippen LogP contribution in [0.25, 0.3) is 0 Å². The van der Waals surface area contributed by atoms with Gasteiger partial charge < -0.3 is 29.9 Å². The van der Waals surface area contributed by atoms with E-state index in [-0.39, 0.29) is 49.5 Å². The van der Waals surface area contributed by atoms with Crippen LogP contribution in [0.5, 0.6) is 11.5 Å². The Labute approximate surface area is 193 Å². The Morgan fingerprint density at radius 1 is 1.20 bits per heavy atom. The van der Waals surface area contributed by atoms with E-state index in [1.807, 2.05) is 0 Å². The Morgan fingerprint density at radius 2 is 1.83 bits per heavy atom. The van der Waals surface area contributed by atoms with Crippen molar-refractivity contribution in [3.63, 3.8) is 0 Å². The normalized spacial score (nSPS) is 34.9. The number of hydrogen-bond donors (Lipinski definition) is 3. The summed E-state index contributed by atoms with van der Waals surface area (Å²) in [5.41, 5.74) is -1.61. The highest BCUT2D eigenvalue weighted by atomic mass is 19.4. The molecule has 194 valence electrons. The molecule has 4 aliphatic rings. The molecule has 0 radical (unpaired) electrons. The number of ketones is 1. The Balaban J connectivity index is 0.000000364. The van der Waals surface area contributed by atoms with Crippen molar-refractivity contribution in [3.05, 3.63) is 28.5 Å². The van der Waals surface area contributed by atoms with Crippen molar-refractivity contribution in [2.24, 2.45) is 0 Å². The molecule has 3 N–H and O–H groups in total. The molecule has 1 saturated heterocycles. The van der Waals surface area contributed by atoms with Crippen LogP contribution in [0, 0.1) is 5.21 Å². The number of halogens is 6. The van der Waals surface area contributed by atoms with E-state index in [9.17, 15) is 46.6 Å². The molecule has 1 spiro atoms. The maximum absolute atomic E-state index is 13.6. The molecule has 35 heavy (non-hydrogen) atoms. The number of benzene rings is 1. The number of aliphatic carboxylic acids is 1. The van der Waals surface area contributed by atoms with Gasteiger partial charge in [-0.25, -0.2) is 4.79 Å². The van der Waals surface area contributed by atoms with Crippen molar-refractivity contribution < 1.29 is 60.6 Å². The lowest BCUT2D eigenvalue weighted by molar-refractivity contribution is -0.923. The molecule has 2 aliphatic carbocycles. The number of carboxylic acids is 1. The second-order valence-electron chi connectivity index (χ2n) is 9.35. The van der Waals surface area contributed by atoms with Crippen LogP contribution in [0.3, 0.4) is 0 Å². The molecule has 5 rings (SSSR count). The first-order valence-corrected chi connectivity index (χ1v) is 10.7. The monoisotopic (exact) mass is 513 g/mol. The summed E-state index contributed by atoms with van der Waals surface area (Å²) in [4.78, 5) is 21.5. The van der Waals surface area contributed by atoms with E-state index in [1.54, 1.807) is 6.07 Å². The highest BCUT2D eigenvalue weighted by Crippen LogP contribution is 2.65. The summed E-state index contributed by atoms with van der Waals surface area (Å²) in [7, 11) is 0. The van der Waals surface area contributed by atoms with Gasteiger partial charge in [0.1, 0.15) is 11.6 Å². The minimum absolute atomic E-state index is 0.0111. The fraction of sp³-hybridized carbons (Fsp3) is 0.619. The minimum Gasteiger partial charge on any atom is -0.633 e. The Bertz CT molecular complexity index is 1080. The van der Waals surface area contributed by atoms with Crippen molar-refractivity contribution >= 4 is 11.8 Å². The molecule has 8 nitrogen and oxygen atoms in total. The summed E-state index contributed by atoms with van der Waals surface area (Å²) in [5.74, 6) is -2.95. The second kappa shape index (κ2) is 7.71. The number of alkyl halides is 6. The topological polar surface area (TPSA) is 127 Å². The first kappa shape index (κ1) is 25.5. The standard InChI is InChI=1S/C19H20F3NO5.C2HF3O2/c20-19(21,22)6-8-23(27)7-5-17-14-10-1-2-11(24)15(14)28-16(17)12(25)3-4-18(17,26)13(23)9-10;3-2(4,5)1(6)7/h1-2,13,16,24,26H,3-9H2;(H,6,7)/t13-,16+,17+,18-,23?;/m1./s1. The molecule has 1 aromatic rings. The third-order valence-corrected chi connectivity index (χ3v) is 7.60. The van der Waals surface area contributed by atoms with Gasteiger partial charge in [-0.1, -0.05) is 6.07 Å². The predicted molar refractivity (Wildman–Crippen MR) is 103 cm³/mol. The molecule has 2 heterocycles. The Morgan fingerprint density at radius 3 is 2.40 bits per heavy atom. The highest BCUT2D eigenvalue weighted by molar-refractivity contribution is 5.90. The Kier molecular flexibility index (Phi) is 5.62. The van der Waals surface area contributed by atoms with Gasteiger partial charge in [0.2, 0.25) is 0 Å². The fourth-order valence-electron chi connectivity index (χ4n) is 6.17. The van der Waals surface area contributed by atoms with Gasteiger partial charge in [-0.3, -0.25) is 4.79 Å². The zero-order valence-corrected chi connectivity index (χ0v) is 17.9. The molecule has 1 saturated carbocycles. The molecule has 5 atom stereocenters. The van der Waals surface area contributed by atoms with Crippen molar-refractivity contribution in [1.82, 2.24) is 0 Å². The molecular weight excluding hydrogens is 492 g/mol. The lowest BCUT2D eigenvalue weighted by Gasteiger charge is -2.67. The second-order valence-corrected chi connectivity index (χ2v) is 9.35. The first-order valence-electron chi connectivity index (χ1n) is 10.7. The quantitative estimate of drug-likeness (QED) is 0.315. The van der Waals surface area contributed by atoms with Crippen LogP contribution in [-0.4, -0.2) is 74.9 Å². The molecule has 0 amide bonds. The summed E-state index contributed by atoms with van der Waals surface area (Å²) < 4.78 is 74.9. The number of hydrogen-bond acceptors (Lipinski definition) is 6. The number of nitrogens with zero attached hydrogens (tertiary/aromatic N) is 1. The van der Waals surface area contributed by atoms with Gasteiger partial charge in [0.05, 0.1) is 24.9 Å². The van der Waals surface area contributed by atoms with Gasteiger partial charge in [-0.05, 0) is 18.1 Å². The molecule has 2 aliphatic heterocycles. The zero-order valence-electron chi connectivity index (χ0n) is 17.9. The van der Waals surface area contributed by atoms with Crippen LogP contribution in [0.4, 0.5) is 26.3 Å². The van der Waals surface area contributed by atoms with E-state index in [1.165, 1.54) is 6.07 Å². The number of hydroxylamine groups is 3. The number of Topliss-reactive ketones (excluding diaryl/α,β-unsaturated/α-hetero) is 1. The maximum Gasteiger partial charge on any atom is 0.490 e. The number of likely N-dealkylation sites (tertiary alicyclic amines) is 1. The number of phenols is 1. The molecule has 2 bridgehead atoms. The van der Waals surface area contributed by atoms with Gasteiger partial charge >= 0.3 is 18.3 Å². The van der Waals surface area contributed by atoms with Gasteiger partial charge in [-0.2, -0.15) is 26.3 Å². The largest absolute Gasteiger partial charge is 0.633 e. The number of carbonyl (C=O) groups is 2. The third-order valence-electron chi connectivity index (χ3n) is 7.60. The van der Waals surface area contributed by atoms with E-state index in [4.69, 9.17) is 14.6 Å². The average Bonchev–Trinajstić information content (AvgIpc) is 3.10. The van der Waals surface area contributed by atoms with Crippen molar-refractivity contribution in [2.45, 2.75) is 67.6 Å². The van der Waals surface area contributed by atoms with Crippen molar-refractivity contribution in [3.8, 4) is 11.5 Å². The van der Waals surface area contributed by atoms with Crippen LogP contribution in [0.2, 0.25) is 0 Å². The summed E-state index contributed by atoms with van der Waals surface area (Å²) in [6.45, 7) is -0.795. The van der Waals surface area contributed by atoms with E-state index >= 15 is 0 Å². The average molecular weight is 513 g/mol. The van der Waals surface area contributed by atoms with Crippen molar-refractivity contribution in [1.29, 1.82) is 0 Å². The number of carboxylic acid groups (broad SMARTS) is 1. The Hall–Kier alpha value is -2.58. The first-order chi connectivity index (χ1) is 16.0. The van der Waals surface area contributed by atoms with E-state index in [0.717, 1.165) is 0 Å². The molecule has 1 aromatic carbocycles. The van der Waals surface area contributed by atoms with Crippen LogP contribution in [0.1, 0.15) is 36.8 Å². The molecule has 1 unspecified atom stereocenters. The number of aromatic hydroxyl groups is 1. The molecule has 2 fully saturated rings. The lowest BCUT2D eigenvalue weighted by Crippen LogP contribution is -2.80. The molecule has 0 aromatic heterocycles. The summed E-state index contributed by atoms with van der Waals surface area (Å²) in [6.07, 6.45) is -11.6. The number of ether oxygens (including phenoxy) is 1. The minimum atomic E-state index is -5.08. The van der Waals surface area contributed by atoms with Crippen molar-refractivity contribution in [2.75, 3.05) is 13.1 Å². The number of phenolic OH excluding ortho intramolecular Hbond substituents is 1.